The van der Waals surface area contributed by atoms with Crippen molar-refractivity contribution in [3.05, 3.63) is 46.6 Å². The third-order valence-corrected chi connectivity index (χ3v) is 5.10. The van der Waals surface area contributed by atoms with Crippen molar-refractivity contribution in [1.82, 2.24) is 14.9 Å². The first-order valence-corrected chi connectivity index (χ1v) is 9.63. The number of halogens is 1. The molecule has 0 spiro atoms. The van der Waals surface area contributed by atoms with Gasteiger partial charge in [-0.25, -0.2) is 4.98 Å². The number of aromatic nitrogens is 2. The molecule has 1 aromatic heterocycles. The number of nitrogens with zero attached hydrogens (tertiary/aromatic N) is 4. The fourth-order valence-corrected chi connectivity index (χ4v) is 3.43. The third-order valence-electron chi connectivity index (χ3n) is 4.57. The highest BCUT2D eigenvalue weighted by molar-refractivity contribution is 9.10. The number of hydrogen-bond acceptors (Lipinski definition) is 5. The van der Waals surface area contributed by atoms with E-state index in [0.29, 0.717) is 6.04 Å². The van der Waals surface area contributed by atoms with Crippen LogP contribution in [-0.4, -0.2) is 54.6 Å². The second-order valence-corrected chi connectivity index (χ2v) is 7.71. The van der Waals surface area contributed by atoms with Crippen LogP contribution in [0.25, 0.3) is 0 Å². The average molecular weight is 404 g/mol. The molecule has 0 amide bonds. The lowest BCUT2D eigenvalue weighted by molar-refractivity contribution is 0.218. The van der Waals surface area contributed by atoms with Crippen LogP contribution in [-0.2, 0) is 6.42 Å². The Kier molecular flexibility index (Phi) is 6.26. The Morgan fingerprint density at radius 2 is 2.04 bits per heavy atom. The summed E-state index contributed by atoms with van der Waals surface area (Å²) in [5.41, 5.74) is 1.39. The minimum absolute atomic E-state index is 0.413. The molecular formula is C19H26BrN5. The number of benzene rings is 1. The van der Waals surface area contributed by atoms with E-state index in [9.17, 15) is 0 Å². The maximum Gasteiger partial charge on any atom is 0.224 e. The van der Waals surface area contributed by atoms with Gasteiger partial charge in [-0.15, -0.1) is 0 Å². The topological polar surface area (TPSA) is 44.3 Å². The number of piperidine rings is 1. The maximum absolute atomic E-state index is 4.57. The van der Waals surface area contributed by atoms with E-state index in [1.807, 2.05) is 31.3 Å². The van der Waals surface area contributed by atoms with Crippen LogP contribution in [0.15, 0.2) is 41.0 Å². The van der Waals surface area contributed by atoms with E-state index >= 15 is 0 Å². The van der Waals surface area contributed by atoms with Gasteiger partial charge in [-0.2, -0.15) is 4.98 Å². The molecule has 1 aliphatic heterocycles. The summed E-state index contributed by atoms with van der Waals surface area (Å²) in [5.74, 6) is 1.66. The lowest BCUT2D eigenvalue weighted by Crippen LogP contribution is -2.43. The summed E-state index contributed by atoms with van der Waals surface area (Å²) in [5, 5.41) is 3.51. The van der Waals surface area contributed by atoms with Gasteiger partial charge in [-0.3, -0.25) is 0 Å². The molecule has 1 aliphatic rings. The van der Waals surface area contributed by atoms with Crippen LogP contribution in [0, 0.1) is 0 Å². The van der Waals surface area contributed by atoms with Gasteiger partial charge in [0.15, 0.2) is 0 Å². The Balaban J connectivity index is 1.52. The van der Waals surface area contributed by atoms with Crippen molar-refractivity contribution in [1.29, 1.82) is 0 Å². The van der Waals surface area contributed by atoms with Crippen molar-refractivity contribution in [2.75, 3.05) is 43.9 Å². The summed E-state index contributed by atoms with van der Waals surface area (Å²) in [7, 11) is 3.99. The zero-order chi connectivity index (χ0) is 17.6. The van der Waals surface area contributed by atoms with Gasteiger partial charge in [0.05, 0.1) is 0 Å². The molecule has 2 heterocycles. The number of hydrogen-bond donors (Lipinski definition) is 1. The monoisotopic (exact) mass is 403 g/mol. The van der Waals surface area contributed by atoms with Gasteiger partial charge in [-0.1, -0.05) is 28.1 Å². The lowest BCUT2D eigenvalue weighted by Gasteiger charge is -2.33. The second-order valence-electron chi connectivity index (χ2n) is 6.79. The fourth-order valence-electron chi connectivity index (χ4n) is 3.17. The normalized spacial score (nSPS) is 18.1. The van der Waals surface area contributed by atoms with Crippen LogP contribution in [0.4, 0.5) is 11.8 Å². The van der Waals surface area contributed by atoms with Crippen molar-refractivity contribution in [3.8, 4) is 0 Å². The van der Waals surface area contributed by atoms with Crippen LogP contribution in [0.3, 0.4) is 0 Å². The Bertz CT molecular complexity index is 674. The molecule has 1 atom stereocenters. The van der Waals surface area contributed by atoms with E-state index in [4.69, 9.17) is 0 Å². The van der Waals surface area contributed by atoms with Crippen LogP contribution in [0.5, 0.6) is 0 Å². The molecule has 1 fully saturated rings. The van der Waals surface area contributed by atoms with Gasteiger partial charge in [0.1, 0.15) is 5.82 Å². The van der Waals surface area contributed by atoms with Crippen LogP contribution >= 0.6 is 15.9 Å². The first-order valence-electron chi connectivity index (χ1n) is 8.84. The second kappa shape index (κ2) is 8.63. The first-order chi connectivity index (χ1) is 12.1. The van der Waals surface area contributed by atoms with Gasteiger partial charge < -0.3 is 15.1 Å². The number of nitrogens with one attached hydrogen (secondary N) is 1. The zero-order valence-corrected chi connectivity index (χ0v) is 16.5. The number of anilines is 2. The van der Waals surface area contributed by atoms with Crippen molar-refractivity contribution in [2.24, 2.45) is 0 Å². The maximum atomic E-state index is 4.57. The van der Waals surface area contributed by atoms with Crippen molar-refractivity contribution in [3.63, 3.8) is 0 Å². The molecular weight excluding hydrogens is 378 g/mol. The minimum atomic E-state index is 0.413. The molecule has 0 bridgehead atoms. The molecule has 0 saturated carbocycles. The first kappa shape index (κ1) is 18.1. The molecule has 3 rings (SSSR count). The Morgan fingerprint density at radius 3 is 2.80 bits per heavy atom. The Hall–Kier alpha value is -1.66. The molecule has 134 valence electrons. The van der Waals surface area contributed by atoms with Crippen LogP contribution in [0.2, 0.25) is 0 Å². The molecule has 1 saturated heterocycles. The van der Waals surface area contributed by atoms with E-state index in [0.717, 1.165) is 35.7 Å². The van der Waals surface area contributed by atoms with Gasteiger partial charge in [0.25, 0.3) is 0 Å². The molecule has 0 radical (unpaired) electrons. The molecule has 5 nitrogen and oxygen atoms in total. The Labute approximate surface area is 158 Å². The quantitative estimate of drug-likeness (QED) is 0.800. The van der Waals surface area contributed by atoms with E-state index in [2.05, 4.69) is 60.4 Å². The molecule has 2 aromatic rings. The predicted octanol–water partition coefficient (Wildman–Crippen LogP) is 3.42. The van der Waals surface area contributed by atoms with Gasteiger partial charge in [0, 0.05) is 43.9 Å². The van der Waals surface area contributed by atoms with E-state index in [-0.39, 0.29) is 0 Å². The smallest absolute Gasteiger partial charge is 0.224 e. The van der Waals surface area contributed by atoms with Crippen molar-refractivity contribution >= 4 is 27.7 Å². The highest BCUT2D eigenvalue weighted by Crippen LogP contribution is 2.17. The van der Waals surface area contributed by atoms with E-state index in [1.165, 1.54) is 24.9 Å². The van der Waals surface area contributed by atoms with Crippen molar-refractivity contribution in [2.45, 2.75) is 25.3 Å². The number of likely N-dealkylation sites (tertiary alicyclic amines) is 1. The molecule has 0 aliphatic carbocycles. The third kappa shape index (κ3) is 5.41. The standard InChI is InChI=1S/C19H26BrN5/c1-24(2)18-9-11-21-19(23-18)22-17-4-3-12-25(14-17)13-10-15-5-7-16(20)8-6-15/h5-9,11,17H,3-4,10,12-14H2,1-2H3,(H,21,22,23). The van der Waals surface area contributed by atoms with Crippen LogP contribution in [0.1, 0.15) is 18.4 Å². The van der Waals surface area contributed by atoms with Crippen LogP contribution < -0.4 is 10.2 Å². The SMILES string of the molecule is CN(C)c1ccnc(NC2CCCN(CCc3ccc(Br)cc3)C2)n1. The molecule has 1 unspecified atom stereocenters. The van der Waals surface area contributed by atoms with Gasteiger partial charge in [0.2, 0.25) is 5.95 Å². The lowest BCUT2D eigenvalue weighted by atomic mass is 10.0. The van der Waals surface area contributed by atoms with Gasteiger partial charge in [-0.05, 0) is 49.6 Å². The fraction of sp³-hybridized carbons (Fsp3) is 0.474. The molecule has 25 heavy (non-hydrogen) atoms. The Morgan fingerprint density at radius 1 is 1.24 bits per heavy atom. The molecule has 1 N–H and O–H groups in total. The van der Waals surface area contributed by atoms with E-state index in [1.54, 1.807) is 0 Å². The molecule has 1 aromatic carbocycles. The van der Waals surface area contributed by atoms with Gasteiger partial charge >= 0.3 is 0 Å². The minimum Gasteiger partial charge on any atom is -0.363 e. The van der Waals surface area contributed by atoms with Crippen molar-refractivity contribution < 1.29 is 0 Å². The molecule has 6 heteroatoms. The largest absolute Gasteiger partial charge is 0.363 e. The summed E-state index contributed by atoms with van der Waals surface area (Å²) < 4.78 is 1.14. The predicted molar refractivity (Wildman–Crippen MR) is 107 cm³/mol. The summed E-state index contributed by atoms with van der Waals surface area (Å²) >= 11 is 3.49. The number of rotatable bonds is 6. The summed E-state index contributed by atoms with van der Waals surface area (Å²) in [6, 6.07) is 11.0. The highest BCUT2D eigenvalue weighted by atomic mass is 79.9. The zero-order valence-electron chi connectivity index (χ0n) is 15.0. The highest BCUT2D eigenvalue weighted by Gasteiger charge is 2.20. The van der Waals surface area contributed by atoms with E-state index < -0.39 is 0 Å². The average Bonchev–Trinajstić information content (AvgIpc) is 2.62. The summed E-state index contributed by atoms with van der Waals surface area (Å²) in [4.78, 5) is 13.5. The summed E-state index contributed by atoms with van der Waals surface area (Å²) in [6.45, 7) is 3.32. The summed E-state index contributed by atoms with van der Waals surface area (Å²) in [6.07, 6.45) is 5.29.